The Morgan fingerprint density at radius 3 is 2.77 bits per heavy atom. The van der Waals surface area contributed by atoms with Gasteiger partial charge in [0.25, 0.3) is 5.56 Å². The number of alkyl halides is 2. The number of anilines is 1. The van der Waals surface area contributed by atoms with Gasteiger partial charge in [-0.15, -0.1) is 0 Å². The normalized spacial score (nSPS) is 15.9. The first-order valence-corrected chi connectivity index (χ1v) is 8.56. The van der Waals surface area contributed by atoms with Crippen LogP contribution < -0.4 is 15.2 Å². The lowest BCUT2D eigenvalue weighted by atomic mass is 10.2. The molecule has 3 rings (SSSR count). The Bertz CT molecular complexity index is 797. The fraction of sp³-hybridized carbons (Fsp3) is 0.444. The van der Waals surface area contributed by atoms with Crippen molar-refractivity contribution in [1.29, 1.82) is 0 Å². The minimum Gasteiger partial charge on any atom is -0.434 e. The van der Waals surface area contributed by atoms with Crippen LogP contribution in [0.3, 0.4) is 0 Å². The minimum absolute atomic E-state index is 0.0517. The highest BCUT2D eigenvalue weighted by molar-refractivity contribution is 5.43. The Morgan fingerprint density at radius 2 is 2.00 bits per heavy atom. The van der Waals surface area contributed by atoms with Gasteiger partial charge < -0.3 is 14.5 Å². The molecule has 26 heavy (non-hydrogen) atoms. The molecule has 0 unspecified atom stereocenters. The van der Waals surface area contributed by atoms with Crippen molar-refractivity contribution in [2.75, 3.05) is 38.1 Å². The highest BCUT2D eigenvalue weighted by Crippen LogP contribution is 2.21. The molecule has 1 aromatic carbocycles. The number of benzene rings is 1. The molecule has 0 saturated carbocycles. The average Bonchev–Trinajstić information content (AvgIpc) is 2.82. The Hall–Kier alpha value is -2.48. The van der Waals surface area contributed by atoms with Gasteiger partial charge in [-0.25, -0.2) is 4.68 Å². The van der Waals surface area contributed by atoms with Gasteiger partial charge in [-0.1, -0.05) is 18.2 Å². The lowest BCUT2D eigenvalue weighted by molar-refractivity contribution is -0.0505. The summed E-state index contributed by atoms with van der Waals surface area (Å²) in [5, 5.41) is 4.22. The molecular formula is C18H22F2N4O2. The summed E-state index contributed by atoms with van der Waals surface area (Å²) in [5.41, 5.74) is 0.997. The van der Waals surface area contributed by atoms with E-state index in [0.29, 0.717) is 5.56 Å². The van der Waals surface area contributed by atoms with E-state index >= 15 is 0 Å². The quantitative estimate of drug-likeness (QED) is 0.813. The number of hydrogen-bond acceptors (Lipinski definition) is 5. The molecule has 1 fully saturated rings. The zero-order chi connectivity index (χ0) is 18.5. The molecular weight excluding hydrogens is 342 g/mol. The molecule has 1 saturated heterocycles. The van der Waals surface area contributed by atoms with Crippen molar-refractivity contribution in [2.24, 2.45) is 0 Å². The van der Waals surface area contributed by atoms with E-state index < -0.39 is 6.61 Å². The summed E-state index contributed by atoms with van der Waals surface area (Å²) in [6.07, 6.45) is 2.68. The van der Waals surface area contributed by atoms with Crippen molar-refractivity contribution in [3.8, 4) is 5.75 Å². The zero-order valence-electron chi connectivity index (χ0n) is 14.6. The van der Waals surface area contributed by atoms with Crippen molar-refractivity contribution < 1.29 is 13.5 Å². The average molecular weight is 364 g/mol. The number of halogens is 2. The van der Waals surface area contributed by atoms with Gasteiger partial charge in [0.2, 0.25) is 0 Å². The molecule has 1 aliphatic heterocycles. The van der Waals surface area contributed by atoms with E-state index in [0.717, 1.165) is 38.3 Å². The first kappa shape index (κ1) is 18.3. The van der Waals surface area contributed by atoms with Crippen LogP contribution in [0.5, 0.6) is 5.75 Å². The number of hydrogen-bond donors (Lipinski definition) is 0. The minimum atomic E-state index is -2.91. The number of rotatable bonds is 5. The largest absolute Gasteiger partial charge is 0.434 e. The van der Waals surface area contributed by atoms with Crippen LogP contribution in [-0.4, -0.2) is 54.5 Å². The molecule has 2 heterocycles. The van der Waals surface area contributed by atoms with Crippen molar-refractivity contribution in [2.45, 2.75) is 19.6 Å². The highest BCUT2D eigenvalue weighted by atomic mass is 19.3. The summed E-state index contributed by atoms with van der Waals surface area (Å²) in [5.74, 6) is 0.0517. The molecule has 0 atom stereocenters. The zero-order valence-corrected chi connectivity index (χ0v) is 14.6. The molecule has 8 heteroatoms. The van der Waals surface area contributed by atoms with E-state index in [1.54, 1.807) is 30.5 Å². The summed E-state index contributed by atoms with van der Waals surface area (Å²) in [6.45, 7) is 0.839. The van der Waals surface area contributed by atoms with Gasteiger partial charge in [0.15, 0.2) is 0 Å². The first-order valence-electron chi connectivity index (χ1n) is 8.56. The van der Waals surface area contributed by atoms with Crippen LogP contribution in [0.4, 0.5) is 14.5 Å². The maximum Gasteiger partial charge on any atom is 0.387 e. The standard InChI is InChI=1S/C18H22F2N4O2/c1-22-7-4-8-23(10-9-22)15-11-17(25)24(21-12-15)13-14-5-2-3-6-16(14)26-18(19)20/h2-3,5-6,11-12,18H,4,7-10,13H2,1H3. The molecule has 0 radical (unpaired) electrons. The van der Waals surface area contributed by atoms with E-state index in [2.05, 4.69) is 26.7 Å². The molecule has 0 spiro atoms. The Morgan fingerprint density at radius 1 is 1.19 bits per heavy atom. The monoisotopic (exact) mass is 364 g/mol. The fourth-order valence-corrected chi connectivity index (χ4v) is 3.03. The van der Waals surface area contributed by atoms with Gasteiger partial charge in [-0.3, -0.25) is 4.79 Å². The van der Waals surface area contributed by atoms with Crippen LogP contribution in [0, 0.1) is 0 Å². The molecule has 0 amide bonds. The lowest BCUT2D eigenvalue weighted by Gasteiger charge is -2.22. The number of likely N-dealkylation sites (N-methyl/N-ethyl adjacent to an activating group) is 1. The predicted molar refractivity (Wildman–Crippen MR) is 95.0 cm³/mol. The lowest BCUT2D eigenvalue weighted by Crippen LogP contribution is -2.31. The maximum atomic E-state index is 12.5. The van der Waals surface area contributed by atoms with Gasteiger partial charge in [-0.2, -0.15) is 13.9 Å². The Kier molecular flexibility index (Phi) is 5.82. The van der Waals surface area contributed by atoms with Gasteiger partial charge in [0, 0.05) is 31.3 Å². The second-order valence-electron chi connectivity index (χ2n) is 6.34. The summed E-state index contributed by atoms with van der Waals surface area (Å²) in [4.78, 5) is 16.9. The SMILES string of the molecule is CN1CCCN(c2cnn(Cc3ccccc3OC(F)F)c(=O)c2)CC1. The van der Waals surface area contributed by atoms with Gasteiger partial charge >= 0.3 is 6.61 Å². The van der Waals surface area contributed by atoms with E-state index in [4.69, 9.17) is 0 Å². The third-order valence-corrected chi connectivity index (χ3v) is 4.45. The van der Waals surface area contributed by atoms with Gasteiger partial charge in [0.05, 0.1) is 18.4 Å². The van der Waals surface area contributed by atoms with Gasteiger partial charge in [-0.05, 0) is 26.1 Å². The smallest absolute Gasteiger partial charge is 0.387 e. The molecule has 1 aliphatic rings. The molecule has 140 valence electrons. The molecule has 6 nitrogen and oxygen atoms in total. The molecule has 0 aliphatic carbocycles. The van der Waals surface area contributed by atoms with Crippen molar-refractivity contribution in [1.82, 2.24) is 14.7 Å². The highest BCUT2D eigenvalue weighted by Gasteiger charge is 2.15. The summed E-state index contributed by atoms with van der Waals surface area (Å²) in [7, 11) is 2.08. The van der Waals surface area contributed by atoms with Gasteiger partial charge in [0.1, 0.15) is 5.75 Å². The van der Waals surface area contributed by atoms with Crippen LogP contribution in [0.2, 0.25) is 0 Å². The van der Waals surface area contributed by atoms with E-state index in [1.807, 2.05) is 0 Å². The molecule has 1 aromatic heterocycles. The third kappa shape index (κ3) is 4.57. The van der Waals surface area contributed by atoms with Crippen molar-refractivity contribution >= 4 is 5.69 Å². The number of ether oxygens (including phenoxy) is 1. The molecule has 0 bridgehead atoms. The predicted octanol–water partition coefficient (Wildman–Crippen LogP) is 2.03. The molecule has 0 N–H and O–H groups in total. The summed E-state index contributed by atoms with van der Waals surface area (Å²) in [6, 6.07) is 7.96. The number of aromatic nitrogens is 2. The summed E-state index contributed by atoms with van der Waals surface area (Å²) >= 11 is 0. The van der Waals surface area contributed by atoms with Crippen LogP contribution in [0.25, 0.3) is 0 Å². The Labute approximate surface area is 150 Å². The van der Waals surface area contributed by atoms with E-state index in [9.17, 15) is 13.6 Å². The first-order chi connectivity index (χ1) is 12.5. The second kappa shape index (κ2) is 8.27. The van der Waals surface area contributed by atoms with Crippen molar-refractivity contribution in [3.05, 3.63) is 52.4 Å². The van der Waals surface area contributed by atoms with Crippen molar-refractivity contribution in [3.63, 3.8) is 0 Å². The number of para-hydroxylation sites is 1. The van der Waals surface area contributed by atoms with Crippen LogP contribution in [0.1, 0.15) is 12.0 Å². The third-order valence-electron chi connectivity index (χ3n) is 4.45. The molecule has 2 aromatic rings. The topological polar surface area (TPSA) is 50.6 Å². The summed E-state index contributed by atoms with van der Waals surface area (Å²) < 4.78 is 30.8. The number of nitrogens with zero attached hydrogens (tertiary/aromatic N) is 4. The van der Waals surface area contributed by atoms with E-state index in [1.165, 1.54) is 10.7 Å². The Balaban J connectivity index is 1.77. The fourth-order valence-electron chi connectivity index (χ4n) is 3.03. The second-order valence-corrected chi connectivity index (χ2v) is 6.34. The van der Waals surface area contributed by atoms with Crippen LogP contribution >= 0.6 is 0 Å². The van der Waals surface area contributed by atoms with Crippen LogP contribution in [-0.2, 0) is 6.54 Å². The maximum absolute atomic E-state index is 12.5. The van der Waals surface area contributed by atoms with Crippen LogP contribution in [0.15, 0.2) is 41.3 Å². The van der Waals surface area contributed by atoms with E-state index in [-0.39, 0.29) is 17.9 Å².